The first kappa shape index (κ1) is 13.3. The Kier molecular flexibility index (Phi) is 6.18. The van der Waals surface area contributed by atoms with Gasteiger partial charge in [0.05, 0.1) is 0 Å². The number of primary amides is 1. The van der Waals surface area contributed by atoms with Gasteiger partial charge in [0.1, 0.15) is 0 Å². The van der Waals surface area contributed by atoms with Crippen molar-refractivity contribution < 1.29 is 9.53 Å². The highest BCUT2D eigenvalue weighted by Crippen LogP contribution is 2.09. The minimum atomic E-state index is -0.296. The summed E-state index contributed by atoms with van der Waals surface area (Å²) in [4.78, 5) is 12.6. The van der Waals surface area contributed by atoms with Gasteiger partial charge in [0.25, 0.3) is 0 Å². The van der Waals surface area contributed by atoms with Crippen molar-refractivity contribution in [1.29, 1.82) is 0 Å². The third-order valence-corrected chi connectivity index (χ3v) is 2.91. The lowest BCUT2D eigenvalue weighted by atomic mass is 10.1. The maximum Gasteiger partial charge on any atom is 0.314 e. The van der Waals surface area contributed by atoms with E-state index in [1.54, 1.807) is 4.90 Å². The predicted octanol–water partition coefficient (Wildman–Crippen LogP) is 0.546. The fraction of sp³-hybridized carbons (Fsp3) is 0.909. The summed E-state index contributed by atoms with van der Waals surface area (Å²) in [6.45, 7) is 6.16. The van der Waals surface area contributed by atoms with Crippen LogP contribution in [0.4, 0.5) is 4.79 Å². The van der Waals surface area contributed by atoms with Crippen molar-refractivity contribution in [3.63, 3.8) is 0 Å². The van der Waals surface area contributed by atoms with E-state index >= 15 is 0 Å². The van der Waals surface area contributed by atoms with E-state index in [9.17, 15) is 4.79 Å². The molecule has 1 rings (SSSR count). The molecule has 0 atom stereocenters. The molecule has 0 aromatic rings. The Morgan fingerprint density at radius 1 is 1.50 bits per heavy atom. The third kappa shape index (κ3) is 4.81. The summed E-state index contributed by atoms with van der Waals surface area (Å²) in [5.74, 6) is 0. The van der Waals surface area contributed by atoms with E-state index in [0.717, 1.165) is 52.1 Å². The van der Waals surface area contributed by atoms with Crippen LogP contribution in [-0.2, 0) is 4.74 Å². The van der Waals surface area contributed by atoms with Gasteiger partial charge < -0.3 is 20.7 Å². The monoisotopic (exact) mass is 229 g/mol. The van der Waals surface area contributed by atoms with E-state index in [4.69, 9.17) is 10.5 Å². The number of piperidine rings is 1. The van der Waals surface area contributed by atoms with Crippen LogP contribution in [0.15, 0.2) is 0 Å². The van der Waals surface area contributed by atoms with Crippen LogP contribution in [0.5, 0.6) is 0 Å². The summed E-state index contributed by atoms with van der Waals surface area (Å²) >= 11 is 0. The third-order valence-electron chi connectivity index (χ3n) is 2.91. The summed E-state index contributed by atoms with van der Waals surface area (Å²) in [5.41, 5.74) is 5.22. The number of nitrogens with two attached hydrogens (primary N) is 1. The van der Waals surface area contributed by atoms with E-state index in [0.29, 0.717) is 6.04 Å². The van der Waals surface area contributed by atoms with E-state index < -0.39 is 0 Å². The minimum absolute atomic E-state index is 0.296. The molecule has 1 aliphatic rings. The molecule has 0 saturated carbocycles. The zero-order valence-electron chi connectivity index (χ0n) is 10.1. The average molecular weight is 229 g/mol. The van der Waals surface area contributed by atoms with Crippen LogP contribution >= 0.6 is 0 Å². The van der Waals surface area contributed by atoms with Crippen LogP contribution in [0.1, 0.15) is 26.2 Å². The van der Waals surface area contributed by atoms with Crippen LogP contribution in [-0.4, -0.2) is 49.8 Å². The standard InChI is InChI=1S/C11H23N3O2/c1-2-16-9-3-6-13-10-4-7-14(8-5-10)11(12)15/h10,13H,2-9H2,1H3,(H2,12,15). The quantitative estimate of drug-likeness (QED) is 0.653. The molecule has 5 nitrogen and oxygen atoms in total. The first-order chi connectivity index (χ1) is 7.74. The Bertz CT molecular complexity index is 203. The molecule has 94 valence electrons. The number of carbonyl (C=O) groups excluding carboxylic acids is 1. The van der Waals surface area contributed by atoms with Gasteiger partial charge in [-0.2, -0.15) is 0 Å². The molecule has 0 bridgehead atoms. The number of nitrogens with one attached hydrogen (secondary N) is 1. The lowest BCUT2D eigenvalue weighted by molar-refractivity contribution is 0.142. The van der Waals surface area contributed by atoms with Crippen LogP contribution in [0, 0.1) is 0 Å². The van der Waals surface area contributed by atoms with Crippen molar-refractivity contribution in [2.45, 2.75) is 32.2 Å². The molecule has 0 aliphatic carbocycles. The lowest BCUT2D eigenvalue weighted by Gasteiger charge is -2.31. The van der Waals surface area contributed by atoms with Gasteiger partial charge in [-0.1, -0.05) is 0 Å². The zero-order valence-corrected chi connectivity index (χ0v) is 10.1. The Morgan fingerprint density at radius 3 is 2.75 bits per heavy atom. The number of nitrogens with zero attached hydrogens (tertiary/aromatic N) is 1. The SMILES string of the molecule is CCOCCCNC1CCN(C(N)=O)CC1. The fourth-order valence-corrected chi connectivity index (χ4v) is 1.93. The second kappa shape index (κ2) is 7.46. The number of amides is 2. The Labute approximate surface area is 97.3 Å². The van der Waals surface area contributed by atoms with Gasteiger partial charge in [0, 0.05) is 32.3 Å². The van der Waals surface area contributed by atoms with Crippen LogP contribution in [0.3, 0.4) is 0 Å². The second-order valence-corrected chi connectivity index (χ2v) is 4.10. The molecular formula is C11H23N3O2. The molecule has 5 heteroatoms. The molecule has 0 spiro atoms. The van der Waals surface area contributed by atoms with Crippen molar-refractivity contribution in [1.82, 2.24) is 10.2 Å². The van der Waals surface area contributed by atoms with E-state index in [2.05, 4.69) is 5.32 Å². The van der Waals surface area contributed by atoms with Crippen molar-refractivity contribution in [2.75, 3.05) is 32.8 Å². The van der Waals surface area contributed by atoms with Gasteiger partial charge in [-0.05, 0) is 32.7 Å². The molecule has 2 amide bonds. The number of hydrogen-bond acceptors (Lipinski definition) is 3. The van der Waals surface area contributed by atoms with Crippen LogP contribution in [0.25, 0.3) is 0 Å². The van der Waals surface area contributed by atoms with Crippen LogP contribution < -0.4 is 11.1 Å². The van der Waals surface area contributed by atoms with Crippen molar-refractivity contribution in [3.8, 4) is 0 Å². The molecule has 1 saturated heterocycles. The molecule has 3 N–H and O–H groups in total. The number of likely N-dealkylation sites (tertiary alicyclic amines) is 1. The molecule has 16 heavy (non-hydrogen) atoms. The molecule has 1 heterocycles. The smallest absolute Gasteiger partial charge is 0.314 e. The summed E-state index contributed by atoms with van der Waals surface area (Å²) < 4.78 is 5.26. The molecule has 0 radical (unpaired) electrons. The lowest BCUT2D eigenvalue weighted by Crippen LogP contribution is -2.47. The first-order valence-corrected chi connectivity index (χ1v) is 6.09. The fourth-order valence-electron chi connectivity index (χ4n) is 1.93. The second-order valence-electron chi connectivity index (χ2n) is 4.10. The Morgan fingerprint density at radius 2 is 2.19 bits per heavy atom. The van der Waals surface area contributed by atoms with E-state index in [-0.39, 0.29) is 6.03 Å². The van der Waals surface area contributed by atoms with Gasteiger partial charge in [0.15, 0.2) is 0 Å². The predicted molar refractivity (Wildman–Crippen MR) is 63.3 cm³/mol. The largest absolute Gasteiger partial charge is 0.382 e. The topological polar surface area (TPSA) is 67.6 Å². The van der Waals surface area contributed by atoms with Crippen molar-refractivity contribution in [2.24, 2.45) is 5.73 Å². The zero-order chi connectivity index (χ0) is 11.8. The van der Waals surface area contributed by atoms with E-state index in [1.807, 2.05) is 6.92 Å². The highest BCUT2D eigenvalue weighted by molar-refractivity contribution is 5.72. The van der Waals surface area contributed by atoms with E-state index in [1.165, 1.54) is 0 Å². The molecule has 0 aromatic carbocycles. The molecule has 0 aromatic heterocycles. The summed E-state index contributed by atoms with van der Waals surface area (Å²) in [6.07, 6.45) is 3.04. The minimum Gasteiger partial charge on any atom is -0.382 e. The van der Waals surface area contributed by atoms with Gasteiger partial charge in [-0.3, -0.25) is 0 Å². The molecule has 1 aliphatic heterocycles. The summed E-state index contributed by atoms with van der Waals surface area (Å²) in [6, 6.07) is 0.229. The van der Waals surface area contributed by atoms with Gasteiger partial charge in [0.2, 0.25) is 0 Å². The highest BCUT2D eigenvalue weighted by Gasteiger charge is 2.20. The first-order valence-electron chi connectivity index (χ1n) is 6.09. The molecule has 1 fully saturated rings. The average Bonchev–Trinajstić information content (AvgIpc) is 2.29. The number of rotatable bonds is 6. The molecular weight excluding hydrogens is 206 g/mol. The van der Waals surface area contributed by atoms with Crippen molar-refractivity contribution in [3.05, 3.63) is 0 Å². The van der Waals surface area contributed by atoms with Crippen molar-refractivity contribution >= 4 is 6.03 Å². The number of hydrogen-bond donors (Lipinski definition) is 2. The summed E-state index contributed by atoms with van der Waals surface area (Å²) in [7, 11) is 0. The van der Waals surface area contributed by atoms with Gasteiger partial charge in [-0.25, -0.2) is 4.79 Å². The molecule has 0 unspecified atom stereocenters. The highest BCUT2D eigenvalue weighted by atomic mass is 16.5. The number of ether oxygens (including phenoxy) is 1. The van der Waals surface area contributed by atoms with Gasteiger partial charge in [-0.15, -0.1) is 0 Å². The van der Waals surface area contributed by atoms with Crippen LogP contribution in [0.2, 0.25) is 0 Å². The Balaban J connectivity index is 2.02. The summed E-state index contributed by atoms with van der Waals surface area (Å²) in [5, 5.41) is 3.48. The maximum absolute atomic E-state index is 10.9. The maximum atomic E-state index is 10.9. The number of carbonyl (C=O) groups is 1. The number of urea groups is 1. The Hall–Kier alpha value is -0.810. The normalized spacial score (nSPS) is 17.7. The van der Waals surface area contributed by atoms with Gasteiger partial charge >= 0.3 is 6.03 Å².